The van der Waals surface area contributed by atoms with E-state index in [1.54, 1.807) is 0 Å². The van der Waals surface area contributed by atoms with Crippen molar-refractivity contribution >= 4 is 22.0 Å². The molecule has 2 aliphatic rings. The molecular weight excluding hydrogens is 291 g/mol. The van der Waals surface area contributed by atoms with Gasteiger partial charge in [0.05, 0.1) is 0 Å². The molecule has 0 aliphatic carbocycles. The van der Waals surface area contributed by atoms with Crippen LogP contribution in [0, 0.1) is 0 Å². The molecule has 2 fully saturated rings. The average molecular weight is 325 g/mol. The van der Waals surface area contributed by atoms with Crippen LogP contribution in [0.5, 0.6) is 0 Å². The van der Waals surface area contributed by atoms with Crippen LogP contribution in [0.1, 0.15) is 40.5 Å². The standard InChI is InChI=1S/C13H34N3P3/c1-7-10-11-17(5)14-18(12-13(18)4)16-19(6,8-2,9-3)15-17/h13-16H,7-12H2,1-6H3/q+2. The van der Waals surface area contributed by atoms with Crippen molar-refractivity contribution in [3.63, 3.8) is 0 Å². The molecule has 114 valence electrons. The van der Waals surface area contributed by atoms with Gasteiger partial charge in [0.15, 0.2) is 0 Å². The van der Waals surface area contributed by atoms with E-state index in [1.807, 2.05) is 0 Å². The van der Waals surface area contributed by atoms with Gasteiger partial charge in [0.1, 0.15) is 0 Å². The summed E-state index contributed by atoms with van der Waals surface area (Å²) in [6.45, 7) is 12.7. The predicted molar refractivity (Wildman–Crippen MR) is 97.2 cm³/mol. The zero-order chi connectivity index (χ0) is 14.4. The molecule has 0 amide bonds. The summed E-state index contributed by atoms with van der Waals surface area (Å²) in [7, 11) is -2.17. The molecule has 3 atom stereocenters. The van der Waals surface area contributed by atoms with Gasteiger partial charge in [0.2, 0.25) is 0 Å². The monoisotopic (exact) mass is 325 g/mol. The van der Waals surface area contributed by atoms with Crippen LogP contribution in [-0.4, -0.2) is 43.6 Å². The first-order chi connectivity index (χ1) is 8.73. The van der Waals surface area contributed by atoms with Crippen molar-refractivity contribution in [2.24, 2.45) is 0 Å². The predicted octanol–water partition coefficient (Wildman–Crippen LogP) is 4.35. The van der Waals surface area contributed by atoms with E-state index in [-0.39, 0.29) is 0 Å². The topological polar surface area (TPSA) is 36.1 Å². The van der Waals surface area contributed by atoms with Gasteiger partial charge in [-0.3, -0.25) is 0 Å². The molecule has 0 radical (unpaired) electrons. The minimum absolute atomic E-state index is 0.898. The Kier molecular flexibility index (Phi) is 4.45. The number of nitrogens with one attached hydrogen (secondary N) is 3. The molecule has 3 N–H and O–H groups in total. The summed E-state index contributed by atoms with van der Waals surface area (Å²) in [4.78, 5) is 12.6. The second-order valence-electron chi connectivity index (χ2n) is 7.15. The Morgan fingerprint density at radius 2 is 1.74 bits per heavy atom. The first kappa shape index (κ1) is 16.5. The maximum atomic E-state index is 4.22. The number of rotatable bonds is 5. The van der Waals surface area contributed by atoms with Crippen molar-refractivity contribution < 1.29 is 0 Å². The summed E-state index contributed by atoms with van der Waals surface area (Å²) in [5, 5.41) is 0. The molecule has 0 aromatic rings. The number of hydrogen-bond acceptors (Lipinski definition) is 3. The van der Waals surface area contributed by atoms with E-state index >= 15 is 0 Å². The van der Waals surface area contributed by atoms with Gasteiger partial charge >= 0.3 is 121 Å². The molecule has 2 rings (SSSR count). The van der Waals surface area contributed by atoms with E-state index in [0.717, 1.165) is 5.66 Å². The Morgan fingerprint density at radius 1 is 1.16 bits per heavy atom. The van der Waals surface area contributed by atoms with E-state index in [9.17, 15) is 0 Å². The van der Waals surface area contributed by atoms with Crippen molar-refractivity contribution in [2.45, 2.75) is 46.2 Å². The molecule has 2 saturated heterocycles. The third kappa shape index (κ3) is 3.03. The summed E-state index contributed by atoms with van der Waals surface area (Å²) >= 11 is 0. The molecule has 3 unspecified atom stereocenters. The summed E-state index contributed by atoms with van der Waals surface area (Å²) in [6.07, 6.45) is 8.04. The number of hydrogen-bond donors (Lipinski definition) is 3. The fraction of sp³-hybridized carbons (Fsp3) is 1.00. The molecule has 0 bridgehead atoms. The Hall–Kier alpha value is 1.17. The molecule has 3 nitrogen and oxygen atoms in total. The molecular formula is C13H34N3P3+2. The van der Waals surface area contributed by atoms with E-state index in [4.69, 9.17) is 0 Å². The molecule has 0 aromatic heterocycles. The Balaban J connectivity index is 2.29. The van der Waals surface area contributed by atoms with Gasteiger partial charge in [0, 0.05) is 0 Å². The fourth-order valence-corrected chi connectivity index (χ4v) is 25.5. The van der Waals surface area contributed by atoms with Gasteiger partial charge in [-0.15, -0.1) is 0 Å². The van der Waals surface area contributed by atoms with Gasteiger partial charge < -0.3 is 0 Å². The van der Waals surface area contributed by atoms with E-state index in [0.29, 0.717) is 0 Å². The maximum absolute atomic E-state index is 4.22. The van der Waals surface area contributed by atoms with Crippen molar-refractivity contribution in [3.8, 4) is 0 Å². The van der Waals surface area contributed by atoms with Gasteiger partial charge in [-0.2, -0.15) is 0 Å². The third-order valence-corrected chi connectivity index (χ3v) is 23.2. The minimum atomic E-state index is -1.88. The number of unbranched alkanes of at least 4 members (excludes halogenated alkanes) is 1. The molecule has 2 heterocycles. The van der Waals surface area contributed by atoms with E-state index in [1.165, 1.54) is 37.5 Å². The zero-order valence-corrected chi connectivity index (χ0v) is 16.3. The zero-order valence-electron chi connectivity index (χ0n) is 13.7. The SMILES string of the molecule is CCCC[P+]1(C)N[P+]2(CC2C)NP(C)(CC)(CC)N1. The molecule has 6 heteroatoms. The van der Waals surface area contributed by atoms with Crippen molar-refractivity contribution in [1.82, 2.24) is 14.6 Å². The normalized spacial score (nSPS) is 45.6. The first-order valence-electron chi connectivity index (χ1n) is 7.87. The van der Waals surface area contributed by atoms with Crippen LogP contribution in [0.3, 0.4) is 0 Å². The van der Waals surface area contributed by atoms with Gasteiger partial charge in [-0.25, -0.2) is 0 Å². The van der Waals surface area contributed by atoms with Crippen LogP contribution in [0.2, 0.25) is 0 Å². The van der Waals surface area contributed by atoms with Crippen LogP contribution in [0.25, 0.3) is 0 Å². The third-order valence-electron chi connectivity index (χ3n) is 5.22. The first-order valence-corrected chi connectivity index (χ1v) is 15.4. The van der Waals surface area contributed by atoms with Crippen LogP contribution in [0.4, 0.5) is 0 Å². The Morgan fingerprint density at radius 3 is 2.16 bits per heavy atom. The summed E-state index contributed by atoms with van der Waals surface area (Å²) in [5.74, 6) is 0. The Labute approximate surface area is 121 Å². The summed E-state index contributed by atoms with van der Waals surface area (Å²) in [6, 6.07) is 0. The quantitative estimate of drug-likeness (QED) is 0.658. The van der Waals surface area contributed by atoms with Crippen LogP contribution < -0.4 is 14.6 Å². The van der Waals surface area contributed by atoms with E-state index < -0.39 is 22.0 Å². The average Bonchev–Trinajstić information content (AvgIpc) is 2.94. The van der Waals surface area contributed by atoms with Crippen LogP contribution in [-0.2, 0) is 0 Å². The second kappa shape index (κ2) is 5.12. The summed E-state index contributed by atoms with van der Waals surface area (Å²) in [5.41, 5.74) is 0.898. The summed E-state index contributed by atoms with van der Waals surface area (Å²) < 4.78 is 0. The van der Waals surface area contributed by atoms with Crippen molar-refractivity contribution in [2.75, 3.05) is 38.0 Å². The molecule has 0 saturated carbocycles. The van der Waals surface area contributed by atoms with Crippen molar-refractivity contribution in [1.29, 1.82) is 0 Å². The van der Waals surface area contributed by atoms with Gasteiger partial charge in [-0.05, 0) is 0 Å². The van der Waals surface area contributed by atoms with E-state index in [2.05, 4.69) is 55.6 Å². The van der Waals surface area contributed by atoms with Gasteiger partial charge in [0.25, 0.3) is 0 Å². The second-order valence-corrected chi connectivity index (χ2v) is 20.7. The Bertz CT molecular complexity index is 361. The molecule has 0 aromatic carbocycles. The fourth-order valence-electron chi connectivity index (χ4n) is 3.35. The van der Waals surface area contributed by atoms with Crippen LogP contribution >= 0.6 is 22.0 Å². The van der Waals surface area contributed by atoms with Crippen molar-refractivity contribution in [3.05, 3.63) is 0 Å². The molecule has 2 aliphatic heterocycles. The van der Waals surface area contributed by atoms with Gasteiger partial charge in [-0.1, -0.05) is 0 Å². The van der Waals surface area contributed by atoms with Crippen LogP contribution in [0.15, 0.2) is 0 Å². The molecule has 1 spiro atoms. The molecule has 19 heavy (non-hydrogen) atoms.